The molecule has 0 saturated carbocycles. The van der Waals surface area contributed by atoms with E-state index < -0.39 is 0 Å². The maximum absolute atomic E-state index is 14.6. The van der Waals surface area contributed by atoms with Crippen LogP contribution >= 0.6 is 0 Å². The van der Waals surface area contributed by atoms with Crippen LogP contribution < -0.4 is 4.57 Å². The van der Waals surface area contributed by atoms with Crippen molar-refractivity contribution in [3.63, 3.8) is 0 Å². The number of halogens is 1. The summed E-state index contributed by atoms with van der Waals surface area (Å²) in [6.45, 7) is 9.54. The molecule has 0 atom stereocenters. The van der Waals surface area contributed by atoms with E-state index in [1.54, 1.807) is 12.1 Å². The lowest BCUT2D eigenvalue weighted by Crippen LogP contribution is -2.28. The predicted molar refractivity (Wildman–Crippen MR) is 111 cm³/mol. The molecule has 3 heterocycles. The first-order valence-corrected chi connectivity index (χ1v) is 9.16. The smallest absolute Gasteiger partial charge is 0.224 e. The van der Waals surface area contributed by atoms with Crippen LogP contribution in [0.3, 0.4) is 0 Å². The van der Waals surface area contributed by atoms with Crippen LogP contribution in [0.5, 0.6) is 0 Å². The standard InChI is InChI=1S/C24H15FN3/c1-13-4-6-18-17-7-5-16(26-2)12-19(17)28-20-11-15(25)10-14-8-9-27(3)24(22(14)20)21(13)23(18)28/h4-12H,1,3H3/q+1. The van der Waals surface area contributed by atoms with Crippen molar-refractivity contribution in [2.75, 3.05) is 0 Å². The zero-order valence-corrected chi connectivity index (χ0v) is 15.4. The molecule has 3 aromatic carbocycles. The van der Waals surface area contributed by atoms with Crippen molar-refractivity contribution in [3.05, 3.63) is 77.5 Å². The molecule has 0 bridgehead atoms. The van der Waals surface area contributed by atoms with Crippen molar-refractivity contribution in [1.82, 2.24) is 4.40 Å². The van der Waals surface area contributed by atoms with Crippen molar-refractivity contribution in [2.24, 2.45) is 7.05 Å². The van der Waals surface area contributed by atoms with Crippen LogP contribution in [0.4, 0.5) is 10.1 Å². The van der Waals surface area contributed by atoms with Gasteiger partial charge in [0.2, 0.25) is 5.52 Å². The highest BCUT2D eigenvalue weighted by Crippen LogP contribution is 2.41. The van der Waals surface area contributed by atoms with Crippen LogP contribution in [0.2, 0.25) is 0 Å². The van der Waals surface area contributed by atoms with Gasteiger partial charge in [0.25, 0.3) is 0 Å². The summed E-state index contributed by atoms with van der Waals surface area (Å²) in [5, 5.41) is 5.30. The molecule has 0 fully saturated rings. The summed E-state index contributed by atoms with van der Waals surface area (Å²) in [5.74, 6) is -0.255. The molecule has 0 unspecified atom stereocenters. The van der Waals surface area contributed by atoms with E-state index >= 15 is 0 Å². The minimum Gasteiger partial charge on any atom is -0.309 e. The zero-order chi connectivity index (χ0) is 19.2. The molecule has 0 aliphatic rings. The predicted octanol–water partition coefficient (Wildman–Crippen LogP) is 5.81. The molecule has 0 spiro atoms. The van der Waals surface area contributed by atoms with Crippen LogP contribution in [-0.4, -0.2) is 4.40 Å². The molecule has 132 valence electrons. The van der Waals surface area contributed by atoms with Crippen molar-refractivity contribution in [1.29, 1.82) is 0 Å². The van der Waals surface area contributed by atoms with E-state index in [4.69, 9.17) is 6.57 Å². The van der Waals surface area contributed by atoms with Gasteiger partial charge in [0.05, 0.1) is 28.4 Å². The van der Waals surface area contributed by atoms with Gasteiger partial charge in [0.1, 0.15) is 12.9 Å². The van der Waals surface area contributed by atoms with Gasteiger partial charge in [-0.3, -0.25) is 0 Å². The molecule has 6 rings (SSSR count). The summed E-state index contributed by atoms with van der Waals surface area (Å²) in [5.41, 5.74) is 5.73. The molecule has 0 radical (unpaired) electrons. The van der Waals surface area contributed by atoms with Gasteiger partial charge in [-0.15, -0.1) is 0 Å². The Hall–Kier alpha value is -3.71. The minimum absolute atomic E-state index is 0.255. The van der Waals surface area contributed by atoms with E-state index in [9.17, 15) is 4.39 Å². The summed E-state index contributed by atoms with van der Waals surface area (Å²) in [6, 6.07) is 15.2. The van der Waals surface area contributed by atoms with E-state index in [2.05, 4.69) is 32.9 Å². The normalized spacial score (nSPS) is 12.1. The maximum atomic E-state index is 14.6. The van der Waals surface area contributed by atoms with Gasteiger partial charge in [-0.1, -0.05) is 24.3 Å². The highest BCUT2D eigenvalue weighted by molar-refractivity contribution is 6.25. The number of pyridine rings is 2. The molecule has 3 aromatic heterocycles. The number of hydrogen-bond donors (Lipinski definition) is 0. The minimum atomic E-state index is -0.255. The van der Waals surface area contributed by atoms with E-state index in [0.29, 0.717) is 5.69 Å². The van der Waals surface area contributed by atoms with Crippen LogP contribution in [0.1, 0.15) is 5.56 Å². The third kappa shape index (κ3) is 1.69. The monoisotopic (exact) mass is 364 g/mol. The van der Waals surface area contributed by atoms with Gasteiger partial charge in [-0.25, -0.2) is 13.8 Å². The first-order valence-electron chi connectivity index (χ1n) is 9.16. The number of nitrogens with zero attached hydrogens (tertiary/aromatic N) is 3. The molecule has 0 aliphatic heterocycles. The van der Waals surface area contributed by atoms with Crippen molar-refractivity contribution >= 4 is 54.7 Å². The fraction of sp³-hybridized carbons (Fsp3) is 0.0833. The molecular weight excluding hydrogens is 349 g/mol. The van der Waals surface area contributed by atoms with Crippen molar-refractivity contribution < 1.29 is 8.96 Å². The second-order valence-electron chi connectivity index (χ2n) is 7.47. The van der Waals surface area contributed by atoms with Gasteiger partial charge in [-0.05, 0) is 36.1 Å². The average Bonchev–Trinajstić information content (AvgIpc) is 3.02. The van der Waals surface area contributed by atoms with Gasteiger partial charge in [-0.2, -0.15) is 0 Å². The van der Waals surface area contributed by atoms with E-state index in [0.717, 1.165) is 43.6 Å². The molecule has 0 N–H and O–H groups in total. The Morgan fingerprint density at radius 1 is 0.964 bits per heavy atom. The summed E-state index contributed by atoms with van der Waals surface area (Å²) < 4.78 is 18.8. The Bertz CT molecular complexity index is 1650. The van der Waals surface area contributed by atoms with E-state index in [-0.39, 0.29) is 5.82 Å². The maximum Gasteiger partial charge on any atom is 0.224 e. The van der Waals surface area contributed by atoms with Crippen LogP contribution in [0.25, 0.3) is 53.8 Å². The fourth-order valence-electron chi connectivity index (χ4n) is 4.74. The molecule has 0 amide bonds. The Kier molecular flexibility index (Phi) is 2.72. The average molecular weight is 364 g/mol. The highest BCUT2D eigenvalue weighted by Gasteiger charge is 2.24. The summed E-state index contributed by atoms with van der Waals surface area (Å²) >= 11 is 0. The SMILES string of the molecule is [C-]#[N+]c1ccc2c3ccc(C)c4c3n(c2c1)c1cc(F)cc2cc[n+](C)c4c21. The number of aromatic nitrogens is 2. The molecule has 28 heavy (non-hydrogen) atoms. The van der Waals surface area contributed by atoms with Gasteiger partial charge in [0.15, 0.2) is 11.9 Å². The molecular formula is C24H15FN3+. The molecule has 4 heteroatoms. The second-order valence-corrected chi connectivity index (χ2v) is 7.47. The van der Waals surface area contributed by atoms with Crippen LogP contribution in [0, 0.1) is 19.3 Å². The topological polar surface area (TPSA) is 12.6 Å². The lowest BCUT2D eigenvalue weighted by atomic mass is 10.00. The summed E-state index contributed by atoms with van der Waals surface area (Å²) in [4.78, 5) is 3.61. The van der Waals surface area contributed by atoms with Gasteiger partial charge in [0, 0.05) is 22.4 Å². The number of benzene rings is 3. The molecule has 6 aromatic rings. The third-order valence-electron chi connectivity index (χ3n) is 5.91. The largest absolute Gasteiger partial charge is 0.309 e. The van der Waals surface area contributed by atoms with E-state index in [1.807, 2.05) is 37.5 Å². The Morgan fingerprint density at radius 3 is 2.61 bits per heavy atom. The molecule has 0 saturated heterocycles. The second kappa shape index (κ2) is 4.96. The van der Waals surface area contributed by atoms with Crippen LogP contribution in [-0.2, 0) is 7.05 Å². The third-order valence-corrected chi connectivity index (χ3v) is 5.91. The highest BCUT2D eigenvalue weighted by atomic mass is 19.1. The number of hydrogen-bond acceptors (Lipinski definition) is 0. The van der Waals surface area contributed by atoms with Crippen LogP contribution in [0.15, 0.2) is 54.7 Å². The molecule has 3 nitrogen and oxygen atoms in total. The fourth-order valence-corrected chi connectivity index (χ4v) is 4.74. The van der Waals surface area contributed by atoms with Gasteiger partial charge >= 0.3 is 0 Å². The molecule has 0 aliphatic carbocycles. The van der Waals surface area contributed by atoms with Gasteiger partial charge < -0.3 is 4.40 Å². The number of fused-ring (bicyclic) bond motifs is 5. The van der Waals surface area contributed by atoms with Crippen molar-refractivity contribution in [2.45, 2.75) is 6.92 Å². The Balaban J connectivity index is 2.12. The zero-order valence-electron chi connectivity index (χ0n) is 15.4. The number of aryl methyl sites for hydroxylation is 2. The summed E-state index contributed by atoms with van der Waals surface area (Å²) in [7, 11) is 2.04. The lowest BCUT2D eigenvalue weighted by molar-refractivity contribution is -0.643. The number of rotatable bonds is 0. The first kappa shape index (κ1) is 15.4. The Morgan fingerprint density at radius 2 is 1.79 bits per heavy atom. The Labute approximate surface area is 160 Å². The quantitative estimate of drug-likeness (QED) is 0.140. The van der Waals surface area contributed by atoms with E-state index in [1.165, 1.54) is 10.9 Å². The lowest BCUT2D eigenvalue weighted by Gasteiger charge is -2.12. The first-order chi connectivity index (χ1) is 13.6. The van der Waals surface area contributed by atoms with Crippen molar-refractivity contribution in [3.8, 4) is 0 Å². The summed E-state index contributed by atoms with van der Waals surface area (Å²) in [6.07, 6.45) is 1.99.